The highest BCUT2D eigenvalue weighted by Gasteiger charge is 2.03. The number of rotatable bonds is 6. The standard InChI is InChI=1S/C21H29N/c1-7-18(2)20-13-11-12-19(16-20)17-22(6)15-10-8-9-14-21(3,4)5/h8,10-13,16H,2,7,15,17H2,1,3-6H3. The van der Waals surface area contributed by atoms with E-state index in [1.54, 1.807) is 0 Å². The van der Waals surface area contributed by atoms with E-state index < -0.39 is 0 Å². The lowest BCUT2D eigenvalue weighted by Crippen LogP contribution is -2.17. The summed E-state index contributed by atoms with van der Waals surface area (Å²) in [5.74, 6) is 6.31. The third-order valence-corrected chi connectivity index (χ3v) is 3.28. The third-order valence-electron chi connectivity index (χ3n) is 3.28. The van der Waals surface area contributed by atoms with Crippen molar-refractivity contribution < 1.29 is 0 Å². The molecule has 1 aromatic rings. The Morgan fingerprint density at radius 3 is 2.68 bits per heavy atom. The Bertz CT molecular complexity index is 576. The molecular weight excluding hydrogens is 266 g/mol. The van der Waals surface area contributed by atoms with Gasteiger partial charge in [-0.3, -0.25) is 4.90 Å². The third kappa shape index (κ3) is 7.29. The fourth-order valence-corrected chi connectivity index (χ4v) is 2.02. The van der Waals surface area contributed by atoms with E-state index in [2.05, 4.69) is 88.4 Å². The highest BCUT2D eigenvalue weighted by molar-refractivity contribution is 5.63. The summed E-state index contributed by atoms with van der Waals surface area (Å²) in [4.78, 5) is 2.28. The Morgan fingerprint density at radius 1 is 1.32 bits per heavy atom. The molecule has 0 fully saturated rings. The topological polar surface area (TPSA) is 3.24 Å². The molecule has 1 nitrogen and oxygen atoms in total. The van der Waals surface area contributed by atoms with Crippen molar-refractivity contribution in [2.75, 3.05) is 13.6 Å². The van der Waals surface area contributed by atoms with Crippen molar-refractivity contribution in [2.45, 2.75) is 40.7 Å². The van der Waals surface area contributed by atoms with Crippen LogP contribution in [0.2, 0.25) is 0 Å². The summed E-state index contributed by atoms with van der Waals surface area (Å²) in [5, 5.41) is 0. The zero-order chi connectivity index (χ0) is 16.6. The van der Waals surface area contributed by atoms with Crippen LogP contribution in [0.25, 0.3) is 5.57 Å². The average Bonchev–Trinajstić information content (AvgIpc) is 2.45. The predicted octanol–water partition coefficient (Wildman–Crippen LogP) is 5.15. The molecule has 0 saturated carbocycles. The molecule has 0 aliphatic heterocycles. The molecular formula is C21H29N. The van der Waals surface area contributed by atoms with Crippen LogP contribution in [0.15, 0.2) is 43.0 Å². The van der Waals surface area contributed by atoms with Gasteiger partial charge in [-0.1, -0.05) is 55.7 Å². The van der Waals surface area contributed by atoms with Gasteiger partial charge in [0, 0.05) is 18.5 Å². The molecule has 1 rings (SSSR count). The lowest BCUT2D eigenvalue weighted by atomic mass is 9.98. The van der Waals surface area contributed by atoms with Crippen molar-refractivity contribution >= 4 is 5.57 Å². The highest BCUT2D eigenvalue weighted by atomic mass is 15.1. The highest BCUT2D eigenvalue weighted by Crippen LogP contribution is 2.17. The summed E-state index contributed by atoms with van der Waals surface area (Å²) in [6.07, 6.45) is 5.07. The van der Waals surface area contributed by atoms with E-state index >= 15 is 0 Å². The maximum atomic E-state index is 4.11. The molecule has 0 bridgehead atoms. The predicted molar refractivity (Wildman–Crippen MR) is 98.5 cm³/mol. The molecule has 22 heavy (non-hydrogen) atoms. The Morgan fingerprint density at radius 2 is 2.05 bits per heavy atom. The Kier molecular flexibility index (Phi) is 7.15. The van der Waals surface area contributed by atoms with Crippen molar-refractivity contribution in [3.05, 3.63) is 54.1 Å². The molecule has 118 valence electrons. The van der Waals surface area contributed by atoms with E-state index in [-0.39, 0.29) is 5.41 Å². The van der Waals surface area contributed by atoms with Gasteiger partial charge in [-0.05, 0) is 57.0 Å². The molecule has 1 aromatic carbocycles. The molecule has 0 N–H and O–H groups in total. The van der Waals surface area contributed by atoms with Crippen molar-refractivity contribution in [1.29, 1.82) is 0 Å². The van der Waals surface area contributed by atoms with E-state index in [4.69, 9.17) is 0 Å². The Hall–Kier alpha value is -1.78. The fraction of sp³-hybridized carbons (Fsp3) is 0.429. The van der Waals surface area contributed by atoms with Crippen LogP contribution in [0.5, 0.6) is 0 Å². The van der Waals surface area contributed by atoms with Crippen LogP contribution in [0, 0.1) is 17.3 Å². The number of likely N-dealkylation sites (N-methyl/N-ethyl adjacent to an activating group) is 1. The van der Waals surface area contributed by atoms with Crippen LogP contribution in [0.1, 0.15) is 45.2 Å². The maximum Gasteiger partial charge on any atom is 0.0234 e. The number of allylic oxidation sites excluding steroid dienone is 2. The van der Waals surface area contributed by atoms with E-state index in [1.165, 1.54) is 16.7 Å². The van der Waals surface area contributed by atoms with E-state index in [0.717, 1.165) is 19.5 Å². The van der Waals surface area contributed by atoms with Crippen LogP contribution in [-0.2, 0) is 6.54 Å². The van der Waals surface area contributed by atoms with Crippen LogP contribution in [0.4, 0.5) is 0 Å². The molecule has 1 heteroatoms. The fourth-order valence-electron chi connectivity index (χ4n) is 2.02. The second kappa shape index (κ2) is 8.61. The lowest BCUT2D eigenvalue weighted by molar-refractivity contribution is 0.363. The van der Waals surface area contributed by atoms with Crippen molar-refractivity contribution in [1.82, 2.24) is 4.90 Å². The van der Waals surface area contributed by atoms with Gasteiger partial charge in [0.25, 0.3) is 0 Å². The lowest BCUT2D eigenvalue weighted by Gasteiger charge is -2.15. The normalized spacial score (nSPS) is 11.5. The van der Waals surface area contributed by atoms with E-state index in [0.29, 0.717) is 0 Å². The van der Waals surface area contributed by atoms with Crippen LogP contribution in [-0.4, -0.2) is 18.5 Å². The SMILES string of the molecule is C=C(CC)c1cccc(CN(C)CC=CC#CC(C)(C)C)c1. The zero-order valence-electron chi connectivity index (χ0n) is 14.7. The molecule has 0 amide bonds. The minimum atomic E-state index is 0.0678. The molecule has 0 spiro atoms. The molecule has 0 aromatic heterocycles. The summed E-state index contributed by atoms with van der Waals surface area (Å²) < 4.78 is 0. The Balaban J connectivity index is 2.55. The molecule has 0 aliphatic carbocycles. The zero-order valence-corrected chi connectivity index (χ0v) is 14.7. The van der Waals surface area contributed by atoms with Gasteiger partial charge in [0.1, 0.15) is 0 Å². The molecule has 0 heterocycles. The van der Waals surface area contributed by atoms with Crippen molar-refractivity contribution in [2.24, 2.45) is 5.41 Å². The van der Waals surface area contributed by atoms with Crippen LogP contribution >= 0.6 is 0 Å². The van der Waals surface area contributed by atoms with E-state index in [9.17, 15) is 0 Å². The minimum absolute atomic E-state index is 0.0678. The van der Waals surface area contributed by atoms with Crippen molar-refractivity contribution in [3.63, 3.8) is 0 Å². The number of nitrogens with zero attached hydrogens (tertiary/aromatic N) is 1. The first-order valence-electron chi connectivity index (χ1n) is 7.95. The summed E-state index contributed by atoms with van der Waals surface area (Å²) in [7, 11) is 2.13. The van der Waals surface area contributed by atoms with E-state index in [1.807, 2.05) is 6.08 Å². The molecule has 0 aliphatic rings. The van der Waals surface area contributed by atoms with Gasteiger partial charge in [0.2, 0.25) is 0 Å². The van der Waals surface area contributed by atoms with Crippen LogP contribution in [0.3, 0.4) is 0 Å². The van der Waals surface area contributed by atoms with Crippen LogP contribution < -0.4 is 0 Å². The molecule has 0 saturated heterocycles. The largest absolute Gasteiger partial charge is 0.298 e. The van der Waals surface area contributed by atoms with Gasteiger partial charge in [0.15, 0.2) is 0 Å². The van der Waals surface area contributed by atoms with Crippen molar-refractivity contribution in [3.8, 4) is 11.8 Å². The maximum absolute atomic E-state index is 4.11. The summed E-state index contributed by atoms with van der Waals surface area (Å²) in [6.45, 7) is 14.5. The smallest absolute Gasteiger partial charge is 0.0234 e. The first kappa shape index (κ1) is 18.3. The first-order chi connectivity index (χ1) is 10.3. The number of benzene rings is 1. The molecule has 0 unspecified atom stereocenters. The van der Waals surface area contributed by atoms with Gasteiger partial charge in [-0.2, -0.15) is 0 Å². The number of hydrogen-bond acceptors (Lipinski definition) is 1. The summed E-state index contributed by atoms with van der Waals surface area (Å²) in [5.41, 5.74) is 3.84. The first-order valence-corrected chi connectivity index (χ1v) is 7.95. The Labute approximate surface area is 136 Å². The summed E-state index contributed by atoms with van der Waals surface area (Å²) in [6, 6.07) is 8.67. The average molecular weight is 295 g/mol. The second-order valence-electron chi connectivity index (χ2n) is 6.78. The minimum Gasteiger partial charge on any atom is -0.298 e. The monoisotopic (exact) mass is 295 g/mol. The van der Waals surface area contributed by atoms with Gasteiger partial charge in [-0.15, -0.1) is 0 Å². The number of hydrogen-bond donors (Lipinski definition) is 0. The van der Waals surface area contributed by atoms with Gasteiger partial charge in [-0.25, -0.2) is 0 Å². The molecule has 0 atom stereocenters. The molecule has 0 radical (unpaired) electrons. The second-order valence-corrected chi connectivity index (χ2v) is 6.78. The van der Waals surface area contributed by atoms with Gasteiger partial charge in [0.05, 0.1) is 0 Å². The quantitative estimate of drug-likeness (QED) is 0.656. The van der Waals surface area contributed by atoms with Gasteiger partial charge >= 0.3 is 0 Å². The summed E-state index contributed by atoms with van der Waals surface area (Å²) >= 11 is 0. The van der Waals surface area contributed by atoms with Gasteiger partial charge < -0.3 is 0 Å².